The fourth-order valence-electron chi connectivity index (χ4n) is 0.952. The van der Waals surface area contributed by atoms with E-state index in [0.29, 0.717) is 5.82 Å². The lowest BCUT2D eigenvalue weighted by molar-refractivity contribution is 0.747. The summed E-state index contributed by atoms with van der Waals surface area (Å²) in [7, 11) is 0. The van der Waals surface area contributed by atoms with Crippen molar-refractivity contribution >= 4 is 5.82 Å². The molecule has 0 unspecified atom stereocenters. The highest BCUT2D eigenvalue weighted by molar-refractivity contribution is 5.40. The van der Waals surface area contributed by atoms with Gasteiger partial charge in [-0.1, -0.05) is 6.07 Å². The zero-order valence-electron chi connectivity index (χ0n) is 6.57. The fraction of sp³-hybridized carbons (Fsp3) is 0.250. The minimum Gasteiger partial charge on any atom is -0.383 e. The highest BCUT2D eigenvalue weighted by Gasteiger charge is 2.08. The molecule has 4 heteroatoms. The number of anilines is 1. The van der Waals surface area contributed by atoms with E-state index in [0.717, 1.165) is 5.56 Å². The molecule has 1 atom stereocenters. The maximum Gasteiger partial charge on any atom is 0.128 e. The molecule has 12 heavy (non-hydrogen) atoms. The monoisotopic (exact) mass is 162 g/mol. The molecule has 0 aliphatic heterocycles. The molecule has 0 fully saturated rings. The lowest BCUT2D eigenvalue weighted by Gasteiger charge is -2.08. The van der Waals surface area contributed by atoms with Crippen molar-refractivity contribution in [2.24, 2.45) is 5.73 Å². The van der Waals surface area contributed by atoms with Gasteiger partial charge in [0.15, 0.2) is 0 Å². The Balaban J connectivity index is 2.88. The summed E-state index contributed by atoms with van der Waals surface area (Å²) < 4.78 is 0. The van der Waals surface area contributed by atoms with Gasteiger partial charge in [-0.25, -0.2) is 4.98 Å². The summed E-state index contributed by atoms with van der Waals surface area (Å²) in [6.45, 7) is 0. The summed E-state index contributed by atoms with van der Waals surface area (Å²) in [5.41, 5.74) is 12.0. The van der Waals surface area contributed by atoms with Gasteiger partial charge in [-0.05, 0) is 6.07 Å². The van der Waals surface area contributed by atoms with Crippen LogP contribution in [0.2, 0.25) is 0 Å². The summed E-state index contributed by atoms with van der Waals surface area (Å²) >= 11 is 0. The van der Waals surface area contributed by atoms with Crippen LogP contribution in [0.1, 0.15) is 18.0 Å². The number of nitrogens with zero attached hydrogens (tertiary/aromatic N) is 2. The molecule has 0 saturated carbocycles. The van der Waals surface area contributed by atoms with Crippen LogP contribution in [-0.2, 0) is 0 Å². The molecule has 1 heterocycles. The standard InChI is InChI=1S/C8H10N4/c9-4-3-7(10)6-2-1-5-12-8(6)11/h1-2,5,7H,3,10H2,(H2,11,12)/t7-/m0/s1. The summed E-state index contributed by atoms with van der Waals surface area (Å²) in [5, 5.41) is 8.40. The smallest absolute Gasteiger partial charge is 0.128 e. The SMILES string of the molecule is N#CC[C@H](N)c1cccnc1N. The van der Waals surface area contributed by atoms with Gasteiger partial charge in [-0.15, -0.1) is 0 Å². The van der Waals surface area contributed by atoms with Gasteiger partial charge in [-0.3, -0.25) is 0 Å². The third-order valence-corrected chi connectivity index (χ3v) is 1.58. The van der Waals surface area contributed by atoms with E-state index in [1.54, 1.807) is 18.3 Å². The Kier molecular flexibility index (Phi) is 2.62. The Morgan fingerprint density at radius 1 is 1.67 bits per heavy atom. The number of nitrogen functional groups attached to an aromatic ring is 1. The molecule has 0 saturated heterocycles. The number of aromatic nitrogens is 1. The van der Waals surface area contributed by atoms with Gasteiger partial charge >= 0.3 is 0 Å². The van der Waals surface area contributed by atoms with E-state index in [9.17, 15) is 0 Å². The first-order chi connectivity index (χ1) is 5.75. The van der Waals surface area contributed by atoms with E-state index in [1.165, 1.54) is 0 Å². The summed E-state index contributed by atoms with van der Waals surface area (Å²) in [6.07, 6.45) is 1.85. The molecule has 0 aliphatic rings. The van der Waals surface area contributed by atoms with Crippen molar-refractivity contribution in [2.75, 3.05) is 5.73 Å². The van der Waals surface area contributed by atoms with Gasteiger partial charge in [-0.2, -0.15) is 5.26 Å². The Labute approximate surface area is 70.8 Å². The molecule has 0 radical (unpaired) electrons. The van der Waals surface area contributed by atoms with Crippen molar-refractivity contribution < 1.29 is 0 Å². The zero-order chi connectivity index (χ0) is 8.97. The first-order valence-corrected chi connectivity index (χ1v) is 3.58. The molecule has 1 rings (SSSR count). The molecular formula is C8H10N4. The van der Waals surface area contributed by atoms with Gasteiger partial charge in [0.1, 0.15) is 5.82 Å². The molecule has 1 aromatic rings. The largest absolute Gasteiger partial charge is 0.383 e. The Morgan fingerprint density at radius 2 is 2.42 bits per heavy atom. The van der Waals surface area contributed by atoms with Crippen LogP contribution >= 0.6 is 0 Å². The predicted octanol–water partition coefficient (Wildman–Crippen LogP) is 0.577. The van der Waals surface area contributed by atoms with Gasteiger partial charge < -0.3 is 11.5 Å². The van der Waals surface area contributed by atoms with E-state index >= 15 is 0 Å². The summed E-state index contributed by atoms with van der Waals surface area (Å²) in [4.78, 5) is 3.87. The highest BCUT2D eigenvalue weighted by Crippen LogP contribution is 2.17. The lowest BCUT2D eigenvalue weighted by Crippen LogP contribution is -2.12. The van der Waals surface area contributed by atoms with Crippen molar-refractivity contribution in [3.63, 3.8) is 0 Å². The van der Waals surface area contributed by atoms with Crippen LogP contribution in [-0.4, -0.2) is 4.98 Å². The molecular weight excluding hydrogens is 152 g/mol. The summed E-state index contributed by atoms with van der Waals surface area (Å²) in [5.74, 6) is 0.403. The molecule has 0 spiro atoms. The fourth-order valence-corrected chi connectivity index (χ4v) is 0.952. The molecule has 0 aromatic carbocycles. The zero-order valence-corrected chi connectivity index (χ0v) is 6.57. The van der Waals surface area contributed by atoms with Crippen LogP contribution < -0.4 is 11.5 Å². The van der Waals surface area contributed by atoms with Crippen molar-refractivity contribution in [3.8, 4) is 6.07 Å². The Hall–Kier alpha value is -1.60. The van der Waals surface area contributed by atoms with Gasteiger partial charge in [0.25, 0.3) is 0 Å². The number of nitrogens with two attached hydrogens (primary N) is 2. The van der Waals surface area contributed by atoms with Crippen molar-refractivity contribution in [1.82, 2.24) is 4.98 Å². The van der Waals surface area contributed by atoms with E-state index in [1.807, 2.05) is 6.07 Å². The lowest BCUT2D eigenvalue weighted by atomic mass is 10.1. The maximum atomic E-state index is 8.40. The minimum absolute atomic E-state index is 0.260. The van der Waals surface area contributed by atoms with Crippen LogP contribution in [0.15, 0.2) is 18.3 Å². The predicted molar refractivity (Wildman–Crippen MR) is 45.8 cm³/mol. The number of nitriles is 1. The second-order valence-electron chi connectivity index (χ2n) is 2.45. The molecule has 0 amide bonds. The van der Waals surface area contributed by atoms with Crippen LogP contribution in [0.5, 0.6) is 0 Å². The molecule has 1 aromatic heterocycles. The molecule has 4 nitrogen and oxygen atoms in total. The quantitative estimate of drug-likeness (QED) is 0.665. The molecule has 62 valence electrons. The second-order valence-corrected chi connectivity index (χ2v) is 2.45. The van der Waals surface area contributed by atoms with Crippen molar-refractivity contribution in [2.45, 2.75) is 12.5 Å². The Morgan fingerprint density at radius 3 is 3.00 bits per heavy atom. The first-order valence-electron chi connectivity index (χ1n) is 3.58. The summed E-state index contributed by atoms with van der Waals surface area (Å²) in [6, 6.07) is 5.19. The van der Waals surface area contributed by atoms with Gasteiger partial charge in [0.2, 0.25) is 0 Å². The first kappa shape index (κ1) is 8.50. The second kappa shape index (κ2) is 3.69. The van der Waals surface area contributed by atoms with E-state index in [2.05, 4.69) is 4.98 Å². The van der Waals surface area contributed by atoms with Crippen LogP contribution in [0.4, 0.5) is 5.82 Å². The van der Waals surface area contributed by atoms with Crippen molar-refractivity contribution in [1.29, 1.82) is 5.26 Å². The van der Waals surface area contributed by atoms with Crippen LogP contribution in [0, 0.1) is 11.3 Å². The average Bonchev–Trinajstić information content (AvgIpc) is 2.05. The van der Waals surface area contributed by atoms with Crippen LogP contribution in [0.25, 0.3) is 0 Å². The highest BCUT2D eigenvalue weighted by atomic mass is 14.8. The van der Waals surface area contributed by atoms with Gasteiger partial charge in [0, 0.05) is 17.8 Å². The van der Waals surface area contributed by atoms with Gasteiger partial charge in [0.05, 0.1) is 12.5 Å². The van der Waals surface area contributed by atoms with Crippen LogP contribution in [0.3, 0.4) is 0 Å². The normalized spacial score (nSPS) is 12.0. The third kappa shape index (κ3) is 1.71. The minimum atomic E-state index is -0.330. The number of hydrogen-bond donors (Lipinski definition) is 2. The molecule has 0 bridgehead atoms. The maximum absolute atomic E-state index is 8.40. The van der Waals surface area contributed by atoms with E-state index in [4.69, 9.17) is 16.7 Å². The third-order valence-electron chi connectivity index (χ3n) is 1.58. The number of rotatable bonds is 2. The molecule has 4 N–H and O–H groups in total. The average molecular weight is 162 g/mol. The molecule has 0 aliphatic carbocycles. The number of hydrogen-bond acceptors (Lipinski definition) is 4. The van der Waals surface area contributed by atoms with Crippen molar-refractivity contribution in [3.05, 3.63) is 23.9 Å². The topological polar surface area (TPSA) is 88.7 Å². The Bertz CT molecular complexity index is 302. The van der Waals surface area contributed by atoms with E-state index < -0.39 is 0 Å². The van der Waals surface area contributed by atoms with E-state index in [-0.39, 0.29) is 12.5 Å². The number of pyridine rings is 1.